The van der Waals surface area contributed by atoms with Crippen LogP contribution in [-0.4, -0.2) is 19.9 Å². The summed E-state index contributed by atoms with van der Waals surface area (Å²) in [5, 5.41) is 0. The Morgan fingerprint density at radius 1 is 0.306 bits per heavy atom. The summed E-state index contributed by atoms with van der Waals surface area (Å²) in [7, 11) is 0. The highest BCUT2D eigenvalue weighted by molar-refractivity contribution is 5.95. The highest BCUT2D eigenvalue weighted by Crippen LogP contribution is 2.63. The zero-order valence-corrected chi connectivity index (χ0v) is 33.5. The summed E-state index contributed by atoms with van der Waals surface area (Å²) in [6, 6.07) is 74.2. The predicted molar refractivity (Wildman–Crippen MR) is 248 cm³/mol. The van der Waals surface area contributed by atoms with Crippen LogP contribution in [-0.2, 0) is 5.41 Å². The number of para-hydroxylation sites is 2. The van der Waals surface area contributed by atoms with E-state index in [0.717, 1.165) is 84.0 Å². The normalized spacial score (nSPS) is 12.8. The van der Waals surface area contributed by atoms with Gasteiger partial charge in [0.1, 0.15) is 11.5 Å². The molecule has 0 amide bonds. The van der Waals surface area contributed by atoms with Crippen LogP contribution in [0.3, 0.4) is 0 Å². The summed E-state index contributed by atoms with van der Waals surface area (Å²) >= 11 is 0. The van der Waals surface area contributed by atoms with Crippen molar-refractivity contribution >= 4 is 0 Å². The molecule has 1 aliphatic carbocycles. The fourth-order valence-corrected chi connectivity index (χ4v) is 9.46. The van der Waals surface area contributed by atoms with E-state index in [1.54, 1.807) is 0 Å². The van der Waals surface area contributed by atoms with Crippen molar-refractivity contribution in [3.63, 3.8) is 0 Å². The van der Waals surface area contributed by atoms with E-state index in [9.17, 15) is 0 Å². The number of pyridine rings is 1. The molecule has 2 aliphatic rings. The average Bonchev–Trinajstić information content (AvgIpc) is 3.65. The molecule has 1 spiro atoms. The summed E-state index contributed by atoms with van der Waals surface area (Å²) in [5.41, 5.74) is 15.8. The minimum Gasteiger partial charge on any atom is -0.457 e. The second-order valence-corrected chi connectivity index (χ2v) is 15.7. The Labute approximate surface area is 359 Å². The Balaban J connectivity index is 0.948. The maximum Gasteiger partial charge on any atom is 0.164 e. The SMILES string of the molecule is c1ccc(-c2nc(-c3ccc(-c4ccc(-c5ccc(-c6ccccn6)cc5)cc4)cc3)nc(-c3cccc4c3-c3ccccc3C43c4ccccc4Oc4ccccc43)n2)cc1. The third-order valence-corrected chi connectivity index (χ3v) is 12.3. The number of nitrogens with zero attached hydrogens (tertiary/aromatic N) is 4. The molecule has 5 heteroatoms. The maximum absolute atomic E-state index is 6.58. The quantitative estimate of drug-likeness (QED) is 0.168. The van der Waals surface area contributed by atoms with E-state index in [4.69, 9.17) is 19.7 Å². The first-order chi connectivity index (χ1) is 30.7. The Morgan fingerprint density at radius 2 is 0.758 bits per heavy atom. The van der Waals surface area contributed by atoms with Crippen LogP contribution in [0.2, 0.25) is 0 Å². The van der Waals surface area contributed by atoms with Crippen LogP contribution in [0.1, 0.15) is 22.3 Å². The molecular weight excluding hydrogens is 757 g/mol. The van der Waals surface area contributed by atoms with E-state index in [1.165, 1.54) is 11.1 Å². The first kappa shape index (κ1) is 35.6. The molecule has 2 aromatic heterocycles. The smallest absolute Gasteiger partial charge is 0.164 e. The number of hydrogen-bond acceptors (Lipinski definition) is 5. The van der Waals surface area contributed by atoms with Crippen molar-refractivity contribution in [2.45, 2.75) is 5.41 Å². The van der Waals surface area contributed by atoms with Gasteiger partial charge in [-0.25, -0.2) is 15.0 Å². The fraction of sp³-hybridized carbons (Fsp3) is 0.0175. The van der Waals surface area contributed by atoms with E-state index in [1.807, 2.05) is 54.7 Å². The highest BCUT2D eigenvalue weighted by atomic mass is 16.5. The van der Waals surface area contributed by atoms with E-state index in [0.29, 0.717) is 17.5 Å². The largest absolute Gasteiger partial charge is 0.457 e. The summed E-state index contributed by atoms with van der Waals surface area (Å²) in [6.07, 6.45) is 1.83. The minimum atomic E-state index is -0.593. The second-order valence-electron chi connectivity index (χ2n) is 15.7. The van der Waals surface area contributed by atoms with Gasteiger partial charge in [0.2, 0.25) is 0 Å². The number of aromatic nitrogens is 4. The third-order valence-electron chi connectivity index (χ3n) is 12.3. The molecule has 0 bridgehead atoms. The van der Waals surface area contributed by atoms with Gasteiger partial charge in [-0.1, -0.05) is 188 Å². The molecule has 0 fully saturated rings. The van der Waals surface area contributed by atoms with Crippen molar-refractivity contribution < 1.29 is 4.74 Å². The molecule has 290 valence electrons. The highest BCUT2D eigenvalue weighted by Gasteiger charge is 2.51. The van der Waals surface area contributed by atoms with Crippen molar-refractivity contribution in [2.75, 3.05) is 0 Å². The van der Waals surface area contributed by atoms with E-state index < -0.39 is 5.41 Å². The van der Waals surface area contributed by atoms with Crippen LogP contribution >= 0.6 is 0 Å². The first-order valence-corrected chi connectivity index (χ1v) is 20.9. The molecule has 0 atom stereocenters. The van der Waals surface area contributed by atoms with Crippen LogP contribution in [0.25, 0.3) is 78.8 Å². The molecule has 0 unspecified atom stereocenters. The zero-order valence-electron chi connectivity index (χ0n) is 33.5. The molecule has 8 aromatic carbocycles. The number of fused-ring (bicyclic) bond motifs is 9. The summed E-state index contributed by atoms with van der Waals surface area (Å²) in [6.45, 7) is 0. The average molecular weight is 793 g/mol. The van der Waals surface area contributed by atoms with Crippen molar-refractivity contribution in [1.82, 2.24) is 19.9 Å². The molecule has 12 rings (SSSR count). The van der Waals surface area contributed by atoms with Crippen molar-refractivity contribution in [2.24, 2.45) is 0 Å². The van der Waals surface area contributed by atoms with Gasteiger partial charge >= 0.3 is 0 Å². The van der Waals surface area contributed by atoms with Crippen LogP contribution in [0.5, 0.6) is 11.5 Å². The van der Waals surface area contributed by atoms with Gasteiger partial charge in [0.25, 0.3) is 0 Å². The Bertz CT molecular complexity index is 3250. The lowest BCUT2D eigenvalue weighted by atomic mass is 9.66. The van der Waals surface area contributed by atoms with E-state index >= 15 is 0 Å². The summed E-state index contributed by atoms with van der Waals surface area (Å²) < 4.78 is 6.58. The third kappa shape index (κ3) is 5.70. The molecular formula is C57H36N4O. The van der Waals surface area contributed by atoms with Crippen LogP contribution in [0.15, 0.2) is 219 Å². The van der Waals surface area contributed by atoms with E-state index in [2.05, 4.69) is 169 Å². The lowest BCUT2D eigenvalue weighted by molar-refractivity contribution is 0.436. The topological polar surface area (TPSA) is 60.8 Å². The molecule has 0 saturated carbocycles. The van der Waals surface area contributed by atoms with Gasteiger partial charge in [-0.15, -0.1) is 0 Å². The van der Waals surface area contributed by atoms with Crippen molar-refractivity contribution in [3.05, 3.63) is 241 Å². The van der Waals surface area contributed by atoms with Crippen LogP contribution in [0, 0.1) is 0 Å². The Morgan fingerprint density at radius 3 is 1.35 bits per heavy atom. The van der Waals surface area contributed by atoms with Gasteiger partial charge in [-0.05, 0) is 68.8 Å². The van der Waals surface area contributed by atoms with Crippen molar-refractivity contribution in [1.29, 1.82) is 0 Å². The van der Waals surface area contributed by atoms with Gasteiger partial charge in [0.05, 0.1) is 11.1 Å². The summed E-state index contributed by atoms with van der Waals surface area (Å²) in [4.78, 5) is 20.1. The molecule has 1 aliphatic heterocycles. The monoisotopic (exact) mass is 792 g/mol. The minimum absolute atomic E-state index is 0.593. The zero-order chi connectivity index (χ0) is 41.0. The Hall–Kier alpha value is -8.28. The Kier molecular flexibility index (Phi) is 8.32. The standard InChI is InChI=1S/C57H36N4O/c1-2-13-42(14-3-1)54-59-55(43-34-30-40(31-35-43)38-26-24-37(25-27-38)39-28-32-41(33-29-39)50-21-10-11-36-58-50)61-56(60-54)45-16-12-20-49-53(45)44-15-4-5-17-46(44)57(49)47-18-6-8-22-51(47)62-52-23-9-7-19-48(52)57/h1-36H. The van der Waals surface area contributed by atoms with Crippen molar-refractivity contribution in [3.8, 4) is 90.3 Å². The van der Waals surface area contributed by atoms with Gasteiger partial charge in [-0.2, -0.15) is 0 Å². The second kappa shape index (κ2) is 14.5. The molecule has 0 saturated heterocycles. The molecule has 0 radical (unpaired) electrons. The summed E-state index contributed by atoms with van der Waals surface area (Å²) in [5.74, 6) is 3.58. The van der Waals surface area contributed by atoms with Gasteiger partial charge in [0.15, 0.2) is 17.5 Å². The predicted octanol–water partition coefficient (Wildman–Crippen LogP) is 13.7. The van der Waals surface area contributed by atoms with E-state index in [-0.39, 0.29) is 0 Å². The van der Waals surface area contributed by atoms with Crippen LogP contribution < -0.4 is 4.74 Å². The number of ether oxygens (including phenoxy) is 1. The fourth-order valence-electron chi connectivity index (χ4n) is 9.46. The number of benzene rings is 8. The lowest BCUT2D eigenvalue weighted by Crippen LogP contribution is -2.32. The molecule has 10 aromatic rings. The van der Waals surface area contributed by atoms with Gasteiger partial charge in [0, 0.05) is 39.6 Å². The molecule has 62 heavy (non-hydrogen) atoms. The van der Waals surface area contributed by atoms with Gasteiger partial charge in [-0.3, -0.25) is 4.98 Å². The lowest BCUT2D eigenvalue weighted by Gasteiger charge is -2.39. The first-order valence-electron chi connectivity index (χ1n) is 20.9. The molecule has 0 N–H and O–H groups in total. The molecule has 5 nitrogen and oxygen atoms in total. The number of hydrogen-bond donors (Lipinski definition) is 0. The number of rotatable bonds is 6. The van der Waals surface area contributed by atoms with Gasteiger partial charge < -0.3 is 4.74 Å². The molecule has 3 heterocycles. The maximum atomic E-state index is 6.58. The van der Waals surface area contributed by atoms with Crippen LogP contribution in [0.4, 0.5) is 0 Å².